The topological polar surface area (TPSA) is 52.3 Å². The summed E-state index contributed by atoms with van der Waals surface area (Å²) >= 11 is 0. The predicted octanol–water partition coefficient (Wildman–Crippen LogP) is 6.32. The summed E-state index contributed by atoms with van der Waals surface area (Å²) in [5, 5.41) is 4.17. The van der Waals surface area contributed by atoms with E-state index in [1.165, 1.54) is 17.7 Å². The highest BCUT2D eigenvalue weighted by Gasteiger charge is 2.38. The van der Waals surface area contributed by atoms with E-state index in [1.54, 1.807) is 26.8 Å². The molecule has 0 unspecified atom stereocenters. The number of benzene rings is 2. The Hall–Kier alpha value is -3.47. The molecule has 158 valence electrons. The van der Waals surface area contributed by atoms with E-state index in [4.69, 9.17) is 9.26 Å². The molecule has 4 nitrogen and oxygen atoms in total. The van der Waals surface area contributed by atoms with Gasteiger partial charge in [0.05, 0.1) is 12.0 Å². The molecule has 0 radical (unpaired) electrons. The van der Waals surface area contributed by atoms with Gasteiger partial charge < -0.3 is 9.26 Å². The van der Waals surface area contributed by atoms with Crippen LogP contribution in [0, 0.1) is 18.2 Å². The van der Waals surface area contributed by atoms with Crippen molar-refractivity contribution in [2.75, 3.05) is 6.61 Å². The number of carbonyl (C=O) groups is 1. The van der Waals surface area contributed by atoms with Gasteiger partial charge >= 0.3 is 5.97 Å². The first-order valence-electron chi connectivity index (χ1n) is 10.2. The molecule has 0 aliphatic heterocycles. The molecule has 0 fully saturated rings. The Kier molecular flexibility index (Phi) is 5.36. The molecule has 0 atom stereocenters. The zero-order valence-corrected chi connectivity index (χ0v) is 18.0. The van der Waals surface area contributed by atoms with Crippen LogP contribution in [-0.4, -0.2) is 17.7 Å². The molecule has 0 amide bonds. The van der Waals surface area contributed by atoms with Crippen molar-refractivity contribution in [3.8, 4) is 11.3 Å². The number of hydrogen-bond acceptors (Lipinski definition) is 4. The second-order valence-electron chi connectivity index (χ2n) is 8.18. The molecule has 31 heavy (non-hydrogen) atoms. The summed E-state index contributed by atoms with van der Waals surface area (Å²) in [5.74, 6) is -0.0327. The minimum absolute atomic E-state index is 0.287. The van der Waals surface area contributed by atoms with Gasteiger partial charge in [-0.1, -0.05) is 41.1 Å². The Labute approximate surface area is 181 Å². The molecule has 0 spiro atoms. The van der Waals surface area contributed by atoms with E-state index >= 15 is 0 Å². The normalized spacial score (nSPS) is 14.5. The summed E-state index contributed by atoms with van der Waals surface area (Å²) in [4.78, 5) is 12.6. The lowest BCUT2D eigenvalue weighted by molar-refractivity contribution is -0.150. The van der Waals surface area contributed by atoms with Crippen LogP contribution in [0.4, 0.5) is 4.39 Å². The highest BCUT2D eigenvalue weighted by molar-refractivity contribution is 6.07. The van der Waals surface area contributed by atoms with Crippen molar-refractivity contribution in [1.29, 1.82) is 0 Å². The van der Waals surface area contributed by atoms with Crippen LogP contribution in [0.15, 0.2) is 59.1 Å². The molecule has 1 aliphatic carbocycles. The van der Waals surface area contributed by atoms with Crippen molar-refractivity contribution in [3.63, 3.8) is 0 Å². The summed E-state index contributed by atoms with van der Waals surface area (Å²) in [5.41, 5.74) is 4.91. The van der Waals surface area contributed by atoms with Crippen LogP contribution in [0.3, 0.4) is 0 Å². The summed E-state index contributed by atoms with van der Waals surface area (Å²) in [6.45, 7) is 7.67. The van der Waals surface area contributed by atoms with Crippen molar-refractivity contribution >= 4 is 23.2 Å². The van der Waals surface area contributed by atoms with Crippen molar-refractivity contribution < 1.29 is 18.4 Å². The molecule has 0 bridgehead atoms. The molecule has 3 aromatic rings. The number of nitrogens with zero attached hydrogens (tertiary/aromatic N) is 1. The van der Waals surface area contributed by atoms with E-state index in [9.17, 15) is 9.18 Å². The Balaban J connectivity index is 1.75. The van der Waals surface area contributed by atoms with Crippen LogP contribution in [0.25, 0.3) is 28.5 Å². The largest absolute Gasteiger partial charge is 0.465 e. The molecule has 0 saturated carbocycles. The van der Waals surface area contributed by atoms with Crippen LogP contribution >= 0.6 is 0 Å². The van der Waals surface area contributed by atoms with Gasteiger partial charge in [-0.05, 0) is 74.3 Å². The average molecular weight is 417 g/mol. The molecule has 1 aromatic heterocycles. The zero-order chi connectivity index (χ0) is 22.2. The van der Waals surface area contributed by atoms with Gasteiger partial charge in [-0.3, -0.25) is 4.79 Å². The highest BCUT2D eigenvalue weighted by Crippen LogP contribution is 2.46. The third-order valence-electron chi connectivity index (χ3n) is 5.51. The minimum Gasteiger partial charge on any atom is -0.465 e. The lowest BCUT2D eigenvalue weighted by Crippen LogP contribution is -2.27. The second-order valence-corrected chi connectivity index (χ2v) is 8.18. The number of esters is 1. The van der Waals surface area contributed by atoms with Gasteiger partial charge in [0, 0.05) is 11.6 Å². The number of aromatic nitrogens is 1. The maximum atomic E-state index is 14.1. The lowest BCUT2D eigenvalue weighted by atomic mass is 9.81. The predicted molar refractivity (Wildman–Crippen MR) is 119 cm³/mol. The fraction of sp³-hybridized carbons (Fsp3) is 0.231. The van der Waals surface area contributed by atoms with Gasteiger partial charge in [0.25, 0.3) is 0 Å². The van der Waals surface area contributed by atoms with E-state index in [-0.39, 0.29) is 18.4 Å². The smallest absolute Gasteiger partial charge is 0.315 e. The van der Waals surface area contributed by atoms with Gasteiger partial charge in [0.15, 0.2) is 5.76 Å². The molecule has 2 aromatic carbocycles. The second kappa shape index (κ2) is 7.99. The number of fused-ring (bicyclic) bond motifs is 1. The molecular weight excluding hydrogens is 393 g/mol. The quantitative estimate of drug-likeness (QED) is 0.456. The van der Waals surface area contributed by atoms with E-state index in [0.717, 1.165) is 16.7 Å². The Bertz CT molecular complexity index is 1200. The molecule has 4 rings (SSSR count). The number of aryl methyl sites for hydroxylation is 1. The lowest BCUT2D eigenvalue weighted by Gasteiger charge is -2.24. The van der Waals surface area contributed by atoms with Gasteiger partial charge in [-0.15, -0.1) is 0 Å². The standard InChI is InChI=1S/C26H24FNO3/c1-5-30-25(29)26(3,4)23-13-18(21-11-10-19(27)14-22(21)23)12-20-15-24(31-28-20)17-8-6-16(2)7-9-17/h6-15H,5H2,1-4H3/b18-12+. The molecule has 0 N–H and O–H groups in total. The highest BCUT2D eigenvalue weighted by atomic mass is 19.1. The monoisotopic (exact) mass is 417 g/mol. The number of allylic oxidation sites excluding steroid dienone is 2. The van der Waals surface area contributed by atoms with Crippen molar-refractivity contribution in [3.05, 3.63) is 82.8 Å². The Morgan fingerprint density at radius 2 is 1.87 bits per heavy atom. The van der Waals surface area contributed by atoms with E-state index in [2.05, 4.69) is 5.16 Å². The van der Waals surface area contributed by atoms with Crippen molar-refractivity contribution in [2.45, 2.75) is 27.7 Å². The minimum atomic E-state index is -0.926. The summed E-state index contributed by atoms with van der Waals surface area (Å²) in [6.07, 6.45) is 3.79. The Morgan fingerprint density at radius 3 is 2.58 bits per heavy atom. The summed E-state index contributed by atoms with van der Waals surface area (Å²) in [7, 11) is 0. The molecule has 0 saturated heterocycles. The zero-order valence-electron chi connectivity index (χ0n) is 18.0. The molecule has 1 heterocycles. The summed E-state index contributed by atoms with van der Waals surface area (Å²) < 4.78 is 24.8. The first-order valence-corrected chi connectivity index (χ1v) is 10.2. The average Bonchev–Trinajstić information content (AvgIpc) is 3.34. The van der Waals surface area contributed by atoms with Gasteiger partial charge in [0.2, 0.25) is 0 Å². The van der Waals surface area contributed by atoms with Crippen molar-refractivity contribution in [2.24, 2.45) is 5.41 Å². The number of rotatable bonds is 5. The fourth-order valence-electron chi connectivity index (χ4n) is 3.73. The number of hydrogen-bond donors (Lipinski definition) is 0. The number of carbonyl (C=O) groups excluding carboxylic acids is 1. The van der Waals surface area contributed by atoms with Crippen molar-refractivity contribution in [1.82, 2.24) is 5.16 Å². The van der Waals surface area contributed by atoms with Gasteiger partial charge in [0.1, 0.15) is 11.5 Å². The maximum absolute atomic E-state index is 14.1. The van der Waals surface area contributed by atoms with E-state index in [1.807, 2.05) is 49.4 Å². The van der Waals surface area contributed by atoms with Crippen LogP contribution in [0.1, 0.15) is 43.2 Å². The first kappa shape index (κ1) is 20.8. The third kappa shape index (κ3) is 3.96. The third-order valence-corrected chi connectivity index (χ3v) is 5.51. The van der Waals surface area contributed by atoms with E-state index < -0.39 is 5.41 Å². The number of ether oxygens (including phenoxy) is 1. The SMILES string of the molecule is CCOC(=O)C(C)(C)C1=C/C(=C\c2cc(-c3ccc(C)cc3)on2)c2ccc(F)cc21. The van der Waals surface area contributed by atoms with Crippen LogP contribution in [0.2, 0.25) is 0 Å². The molecule has 1 aliphatic rings. The van der Waals surface area contributed by atoms with E-state index in [0.29, 0.717) is 22.6 Å². The maximum Gasteiger partial charge on any atom is 0.315 e. The molecule has 5 heteroatoms. The van der Waals surface area contributed by atoms with Gasteiger partial charge in [-0.25, -0.2) is 4.39 Å². The van der Waals surface area contributed by atoms with Gasteiger partial charge in [-0.2, -0.15) is 0 Å². The fourth-order valence-corrected chi connectivity index (χ4v) is 3.73. The Morgan fingerprint density at radius 1 is 1.13 bits per heavy atom. The molecular formula is C26H24FNO3. The summed E-state index contributed by atoms with van der Waals surface area (Å²) in [6, 6.07) is 14.5. The van der Waals surface area contributed by atoms with Crippen LogP contribution in [0.5, 0.6) is 0 Å². The first-order chi connectivity index (χ1) is 14.8. The van der Waals surface area contributed by atoms with Crippen LogP contribution < -0.4 is 0 Å². The van der Waals surface area contributed by atoms with Crippen LogP contribution in [-0.2, 0) is 9.53 Å². The number of halogens is 1.